The third-order valence-corrected chi connectivity index (χ3v) is 7.52. The molecule has 0 aromatic heterocycles. The summed E-state index contributed by atoms with van der Waals surface area (Å²) in [5.41, 5.74) is 1.30. The fourth-order valence-corrected chi connectivity index (χ4v) is 5.81. The van der Waals surface area contributed by atoms with E-state index in [1.807, 2.05) is 18.6 Å². The number of carbonyl (C=O) groups is 1. The molecular weight excluding hydrogens is 392 g/mol. The lowest BCUT2D eigenvalue weighted by Gasteiger charge is -2.09. The zero-order chi connectivity index (χ0) is 20.5. The zero-order valence-electron chi connectivity index (χ0n) is 16.3. The number of hydrogen-bond acceptors (Lipinski definition) is 2. The molecule has 0 atom stereocenters. The zero-order valence-corrected chi connectivity index (χ0v) is 18.0. The molecule has 0 aliphatic heterocycles. The molecule has 0 amide bonds. The van der Waals surface area contributed by atoms with Crippen molar-refractivity contribution in [1.82, 2.24) is 0 Å². The van der Waals surface area contributed by atoms with Crippen molar-refractivity contribution in [2.45, 2.75) is 31.4 Å². The van der Waals surface area contributed by atoms with Gasteiger partial charge in [0.1, 0.15) is 6.79 Å². The van der Waals surface area contributed by atoms with E-state index in [0.29, 0.717) is 0 Å². The van der Waals surface area contributed by atoms with Crippen LogP contribution in [-0.2, 0) is 15.7 Å². The Morgan fingerprint density at radius 1 is 0.552 bits per heavy atom. The third kappa shape index (κ3) is 5.63. The molecule has 0 bridgehead atoms. The van der Waals surface area contributed by atoms with Gasteiger partial charge in [-0.15, -0.1) is 0 Å². The summed E-state index contributed by atoms with van der Waals surface area (Å²) in [6.45, 7) is 4.12. The largest absolute Gasteiger partial charge is 0.307 e. The van der Waals surface area contributed by atoms with E-state index >= 15 is 0 Å². The van der Waals surface area contributed by atoms with Gasteiger partial charge in [0.25, 0.3) is 0 Å². The number of aryl methyl sites for hydroxylation is 1. The Balaban J connectivity index is 0.00000117. The average molecular weight is 416 g/mol. The molecule has 0 heterocycles. The van der Waals surface area contributed by atoms with Gasteiger partial charge in [-0.25, -0.2) is 0 Å². The molecule has 0 unspecified atom stereocenters. The molecule has 4 rings (SSSR count). The normalized spacial score (nSPS) is 10.3. The van der Waals surface area contributed by atoms with Gasteiger partial charge in [0.2, 0.25) is 0 Å². The predicted octanol–water partition coefficient (Wildman–Crippen LogP) is 7.06. The van der Waals surface area contributed by atoms with Crippen LogP contribution in [0.3, 0.4) is 0 Å². The van der Waals surface area contributed by atoms with Gasteiger partial charge in [0.15, 0.2) is 14.7 Å². The van der Waals surface area contributed by atoms with Gasteiger partial charge in [0, 0.05) is 9.79 Å². The summed E-state index contributed by atoms with van der Waals surface area (Å²) in [6, 6.07) is 39.3. The number of rotatable bonds is 5. The summed E-state index contributed by atoms with van der Waals surface area (Å²) in [5.74, 6) is 0. The molecule has 0 spiro atoms. The predicted molar refractivity (Wildman–Crippen MR) is 124 cm³/mol. The van der Waals surface area contributed by atoms with Crippen LogP contribution in [0.15, 0.2) is 134 Å². The Labute approximate surface area is 180 Å². The van der Waals surface area contributed by atoms with Crippen LogP contribution >= 0.6 is 11.8 Å². The van der Waals surface area contributed by atoms with E-state index in [-0.39, 0.29) is 10.9 Å². The van der Waals surface area contributed by atoms with Crippen LogP contribution in [0.5, 0.6) is 0 Å². The van der Waals surface area contributed by atoms with E-state index in [1.54, 1.807) is 0 Å². The van der Waals surface area contributed by atoms with Crippen LogP contribution in [0, 0.1) is 6.92 Å². The Morgan fingerprint density at radius 3 is 1.38 bits per heavy atom. The minimum Gasteiger partial charge on any atom is -0.307 e. The van der Waals surface area contributed by atoms with Crippen molar-refractivity contribution in [3.63, 3.8) is 0 Å². The molecule has 0 saturated heterocycles. The van der Waals surface area contributed by atoms with Crippen LogP contribution in [0.2, 0.25) is 0 Å². The Kier molecular flexibility index (Phi) is 7.74. The van der Waals surface area contributed by atoms with Gasteiger partial charge in [-0.2, -0.15) is 0 Å². The number of benzene rings is 4. The molecule has 0 radical (unpaired) electrons. The highest BCUT2D eigenvalue weighted by Crippen LogP contribution is 2.33. The van der Waals surface area contributed by atoms with E-state index in [1.165, 1.54) is 30.0 Å². The van der Waals surface area contributed by atoms with Crippen LogP contribution < -0.4 is 0 Å². The van der Waals surface area contributed by atoms with Crippen LogP contribution in [0.25, 0.3) is 0 Å². The first-order valence-corrected chi connectivity index (χ1v) is 11.3. The highest BCUT2D eigenvalue weighted by molar-refractivity contribution is 7.99. The molecule has 0 saturated carbocycles. The maximum Gasteiger partial charge on any atom is 0.166 e. The lowest BCUT2D eigenvalue weighted by atomic mass is 10.2. The molecule has 144 valence electrons. The summed E-state index contributed by atoms with van der Waals surface area (Å²) in [7, 11) is -0.0817. The fraction of sp³-hybridized carbons (Fsp3) is 0.0385. The van der Waals surface area contributed by atoms with Crippen molar-refractivity contribution in [2.24, 2.45) is 0 Å². The summed E-state index contributed by atoms with van der Waals surface area (Å²) in [4.78, 5) is 14.6. The summed E-state index contributed by atoms with van der Waals surface area (Å²) >= 11 is 1.81. The third-order valence-electron chi connectivity index (χ3n) is 4.27. The molecule has 4 aromatic carbocycles. The van der Waals surface area contributed by atoms with Crippen molar-refractivity contribution in [3.05, 3.63) is 115 Å². The maximum absolute atomic E-state index is 8.00. The Morgan fingerprint density at radius 2 is 0.931 bits per heavy atom. The van der Waals surface area contributed by atoms with Gasteiger partial charge in [-0.3, -0.25) is 0 Å². The number of carbonyl (C=O) groups excluding carboxylic acids is 1. The van der Waals surface area contributed by atoms with Gasteiger partial charge in [-0.1, -0.05) is 65.9 Å². The van der Waals surface area contributed by atoms with Crippen molar-refractivity contribution in [1.29, 1.82) is 0 Å². The van der Waals surface area contributed by atoms with Gasteiger partial charge in [-0.05, 0) is 67.6 Å². The van der Waals surface area contributed by atoms with E-state index in [2.05, 4.69) is 116 Å². The van der Waals surface area contributed by atoms with Gasteiger partial charge in [0.05, 0.1) is 10.9 Å². The molecular formula is C26H23OS2+. The summed E-state index contributed by atoms with van der Waals surface area (Å²) in [6.07, 6.45) is 0. The highest BCUT2D eigenvalue weighted by atomic mass is 32.2. The van der Waals surface area contributed by atoms with E-state index in [4.69, 9.17) is 4.79 Å². The molecule has 4 aromatic rings. The number of hydrogen-bond donors (Lipinski definition) is 0. The van der Waals surface area contributed by atoms with Crippen molar-refractivity contribution < 1.29 is 4.79 Å². The highest BCUT2D eigenvalue weighted by Gasteiger charge is 2.28. The minimum absolute atomic E-state index is 0.0817. The molecule has 29 heavy (non-hydrogen) atoms. The van der Waals surface area contributed by atoms with Gasteiger partial charge >= 0.3 is 0 Å². The Hall–Kier alpha value is -2.75. The van der Waals surface area contributed by atoms with E-state index in [9.17, 15) is 0 Å². The SMILES string of the molecule is C=O.Cc1ccc(Sc2ccc([S+](c3ccccc3)c3ccccc3)cc2)cc1. The smallest absolute Gasteiger partial charge is 0.166 e. The Bertz CT molecular complexity index is 959. The first-order valence-electron chi connectivity index (χ1n) is 9.27. The molecule has 3 heteroatoms. The lowest BCUT2D eigenvalue weighted by Crippen LogP contribution is -2.04. The van der Waals surface area contributed by atoms with E-state index in [0.717, 1.165) is 0 Å². The summed E-state index contributed by atoms with van der Waals surface area (Å²) < 4.78 is 0. The second kappa shape index (κ2) is 10.7. The molecule has 0 N–H and O–H groups in total. The quantitative estimate of drug-likeness (QED) is 0.325. The van der Waals surface area contributed by atoms with Gasteiger partial charge < -0.3 is 4.79 Å². The van der Waals surface area contributed by atoms with Crippen LogP contribution in [0.4, 0.5) is 0 Å². The van der Waals surface area contributed by atoms with Crippen molar-refractivity contribution in [2.75, 3.05) is 0 Å². The first-order chi connectivity index (χ1) is 14.3. The van der Waals surface area contributed by atoms with Crippen LogP contribution in [-0.4, -0.2) is 6.79 Å². The fourth-order valence-electron chi connectivity index (χ4n) is 2.91. The lowest BCUT2D eigenvalue weighted by molar-refractivity contribution is -0.0979. The van der Waals surface area contributed by atoms with Crippen molar-refractivity contribution >= 4 is 29.4 Å². The minimum atomic E-state index is -0.0817. The van der Waals surface area contributed by atoms with E-state index < -0.39 is 0 Å². The standard InChI is InChI=1S/C25H21S2.CH2O/c1-20-12-14-21(15-13-20)26-22-16-18-25(19-17-22)27(23-8-4-2-5-9-23)24-10-6-3-7-11-24;1-2/h2-19H,1H3;1H2/q+1;. The topological polar surface area (TPSA) is 17.1 Å². The second-order valence-corrected chi connectivity index (χ2v) is 9.49. The molecule has 0 fully saturated rings. The molecule has 0 aliphatic carbocycles. The monoisotopic (exact) mass is 415 g/mol. The second-order valence-electron chi connectivity index (χ2n) is 6.32. The molecule has 1 nitrogen and oxygen atoms in total. The van der Waals surface area contributed by atoms with Crippen LogP contribution in [0.1, 0.15) is 5.56 Å². The average Bonchev–Trinajstić information content (AvgIpc) is 2.80. The molecule has 0 aliphatic rings. The maximum atomic E-state index is 8.00. The van der Waals surface area contributed by atoms with Crippen molar-refractivity contribution in [3.8, 4) is 0 Å². The first kappa shape index (κ1) is 21.0. The summed E-state index contributed by atoms with van der Waals surface area (Å²) in [5, 5.41) is 0.